The maximum atomic E-state index is 13.6. The molecule has 0 aromatic heterocycles. The largest absolute Gasteiger partial charge is 0.461 e. The number of benzene rings is 1. The van der Waals surface area contributed by atoms with Crippen LogP contribution in [0.15, 0.2) is 47.0 Å². The first kappa shape index (κ1) is 32.2. The van der Waals surface area contributed by atoms with Crippen molar-refractivity contribution < 1.29 is 24.3 Å². The summed E-state index contributed by atoms with van der Waals surface area (Å²) in [6.45, 7) is 16.4. The van der Waals surface area contributed by atoms with E-state index < -0.39 is 23.0 Å². The lowest BCUT2D eigenvalue weighted by Crippen LogP contribution is -2.63. The molecule has 1 heterocycles. The Morgan fingerprint density at radius 2 is 2.00 bits per heavy atom. The second kappa shape index (κ2) is 13.1. The normalized spacial score (nSPS) is 38.0. The predicted octanol–water partition coefficient (Wildman–Crippen LogP) is 6.13. The monoisotopic (exact) mass is 610 g/mol. The van der Waals surface area contributed by atoms with Gasteiger partial charge in [0.2, 0.25) is 0 Å². The van der Waals surface area contributed by atoms with Crippen molar-refractivity contribution in [1.82, 2.24) is 4.90 Å². The van der Waals surface area contributed by atoms with Gasteiger partial charge in [-0.3, -0.25) is 14.5 Å². The molecular formula is C35H50N2O5S. The molecule has 1 aromatic rings. The maximum absolute atomic E-state index is 13.6. The van der Waals surface area contributed by atoms with Crippen LogP contribution in [0.5, 0.6) is 0 Å². The van der Waals surface area contributed by atoms with Gasteiger partial charge in [-0.05, 0) is 86.6 Å². The van der Waals surface area contributed by atoms with Crippen molar-refractivity contribution in [2.24, 2.45) is 39.2 Å². The molecule has 5 rings (SSSR count). The molecule has 236 valence electrons. The highest BCUT2D eigenvalue weighted by Gasteiger charge is 2.68. The van der Waals surface area contributed by atoms with Crippen molar-refractivity contribution in [1.29, 1.82) is 0 Å². The molecule has 1 N–H and O–H groups in total. The van der Waals surface area contributed by atoms with Gasteiger partial charge in [0.05, 0.1) is 18.1 Å². The van der Waals surface area contributed by atoms with Crippen LogP contribution in [0.25, 0.3) is 0 Å². The molecule has 1 saturated heterocycles. The van der Waals surface area contributed by atoms with Gasteiger partial charge < -0.3 is 14.7 Å². The first-order valence-electron chi connectivity index (χ1n) is 16.2. The minimum atomic E-state index is -0.666. The fraction of sp³-hybridized carbons (Fsp3) is 0.686. The molecule has 0 spiro atoms. The molecule has 1 aromatic carbocycles. The summed E-state index contributed by atoms with van der Waals surface area (Å²) in [6, 6.07) is 7.87. The van der Waals surface area contributed by atoms with Crippen molar-refractivity contribution in [3.63, 3.8) is 0 Å². The SMILES string of the molecule is C=C[C@]1(C)C[C@@H](OC(=O)CSc2cccc(C=NOCCN3CCCC3)c2)[C@]2(C)C(C)CCC3(CCC(=O)C32)[C@@H](C)[C@@H]1O. The molecular weight excluding hydrogens is 560 g/mol. The van der Waals surface area contributed by atoms with Gasteiger partial charge in [0.1, 0.15) is 18.5 Å². The molecule has 1 aliphatic heterocycles. The minimum Gasteiger partial charge on any atom is -0.461 e. The lowest BCUT2D eigenvalue weighted by Gasteiger charge is -2.61. The average Bonchev–Trinajstić information content (AvgIpc) is 3.65. The van der Waals surface area contributed by atoms with Gasteiger partial charge in [0, 0.05) is 34.6 Å². The van der Waals surface area contributed by atoms with Crippen LogP contribution in [0.3, 0.4) is 0 Å². The summed E-state index contributed by atoms with van der Waals surface area (Å²) >= 11 is 1.43. The van der Waals surface area contributed by atoms with Crippen LogP contribution in [0, 0.1) is 34.0 Å². The number of carbonyl (C=O) groups excluding carboxylic acids is 2. The van der Waals surface area contributed by atoms with E-state index in [1.807, 2.05) is 37.3 Å². The highest BCUT2D eigenvalue weighted by molar-refractivity contribution is 8.00. The van der Waals surface area contributed by atoms with Gasteiger partial charge in [-0.2, -0.15) is 0 Å². The molecule has 7 nitrogen and oxygen atoms in total. The van der Waals surface area contributed by atoms with E-state index in [9.17, 15) is 14.7 Å². The van der Waals surface area contributed by atoms with Crippen molar-refractivity contribution in [2.45, 2.75) is 89.7 Å². The molecule has 8 heteroatoms. The van der Waals surface area contributed by atoms with Gasteiger partial charge in [0.15, 0.2) is 0 Å². The third kappa shape index (κ3) is 6.21. The number of oxime groups is 1. The number of ether oxygens (including phenoxy) is 1. The zero-order valence-corrected chi connectivity index (χ0v) is 27.2. The Labute approximate surface area is 261 Å². The summed E-state index contributed by atoms with van der Waals surface area (Å²) < 4.78 is 6.38. The minimum absolute atomic E-state index is 0.0442. The molecule has 3 unspecified atom stereocenters. The van der Waals surface area contributed by atoms with E-state index in [0.717, 1.165) is 49.4 Å². The van der Waals surface area contributed by atoms with Crippen LogP contribution in [-0.2, 0) is 19.2 Å². The second-order valence-corrected chi connectivity index (χ2v) is 15.1. The Balaban J connectivity index is 1.27. The number of rotatable bonds is 10. The zero-order valence-electron chi connectivity index (χ0n) is 26.4. The summed E-state index contributed by atoms with van der Waals surface area (Å²) in [6.07, 6.45) is 8.57. The topological polar surface area (TPSA) is 88.4 Å². The first-order valence-corrected chi connectivity index (χ1v) is 17.2. The lowest BCUT2D eigenvalue weighted by atomic mass is 9.44. The van der Waals surface area contributed by atoms with Crippen LogP contribution in [0.2, 0.25) is 0 Å². The number of likely N-dealkylation sites (tertiary alicyclic amines) is 1. The Kier molecular flexibility index (Phi) is 9.79. The van der Waals surface area contributed by atoms with Gasteiger partial charge in [0.25, 0.3) is 0 Å². The number of aliphatic hydroxyl groups excluding tert-OH is 1. The van der Waals surface area contributed by atoms with E-state index in [1.165, 1.54) is 24.6 Å². The van der Waals surface area contributed by atoms with Gasteiger partial charge in [-0.1, -0.05) is 51.1 Å². The molecule has 4 aliphatic rings. The van der Waals surface area contributed by atoms with Crippen LogP contribution in [-0.4, -0.2) is 72.2 Å². The number of ketones is 1. The van der Waals surface area contributed by atoms with Crippen molar-refractivity contribution in [2.75, 3.05) is 32.0 Å². The van der Waals surface area contributed by atoms with Crippen molar-refractivity contribution >= 4 is 29.7 Å². The predicted molar refractivity (Wildman–Crippen MR) is 171 cm³/mol. The lowest BCUT2D eigenvalue weighted by molar-refractivity contribution is -0.205. The number of esters is 1. The van der Waals surface area contributed by atoms with Crippen molar-refractivity contribution in [3.05, 3.63) is 42.5 Å². The van der Waals surface area contributed by atoms with E-state index in [4.69, 9.17) is 9.57 Å². The van der Waals surface area contributed by atoms with Crippen molar-refractivity contribution in [3.8, 4) is 0 Å². The number of hydrogen-bond donors (Lipinski definition) is 1. The molecule has 43 heavy (non-hydrogen) atoms. The van der Waals surface area contributed by atoms with E-state index in [0.29, 0.717) is 19.4 Å². The molecule has 3 aliphatic carbocycles. The Morgan fingerprint density at radius 1 is 1.23 bits per heavy atom. The third-order valence-electron chi connectivity index (χ3n) is 11.8. The number of Topliss-reactive ketones (excluding diaryl/α,β-unsaturated/α-hetero) is 1. The standard InChI is InChI=1S/C35H50N2O5S/c1-6-33(4)21-29(34(5)24(2)12-14-35(25(3)32(33)40)15-13-28(38)31(34)35)42-30(39)23-43-27-11-9-10-26(20-27)22-36-41-19-18-37-16-7-8-17-37/h6,9-11,20,22,24-25,29,31-32,40H,1,7-8,12-19,21,23H2,2-5H3/t24?,25-,29+,31?,32-,33+,34-,35?/m0/s1. The molecule has 4 fully saturated rings. The summed E-state index contributed by atoms with van der Waals surface area (Å²) in [7, 11) is 0. The van der Waals surface area contributed by atoms with E-state index in [2.05, 4.69) is 37.4 Å². The fourth-order valence-electron chi connectivity index (χ4n) is 8.85. The number of aliphatic hydroxyl groups is 1. The van der Waals surface area contributed by atoms with E-state index in [1.54, 1.807) is 6.21 Å². The van der Waals surface area contributed by atoms with Crippen LogP contribution in [0.4, 0.5) is 0 Å². The number of nitrogens with zero attached hydrogens (tertiary/aromatic N) is 2. The van der Waals surface area contributed by atoms with Gasteiger partial charge in [-0.25, -0.2) is 0 Å². The smallest absolute Gasteiger partial charge is 0.316 e. The van der Waals surface area contributed by atoms with E-state index in [-0.39, 0.29) is 40.7 Å². The zero-order chi connectivity index (χ0) is 30.8. The quantitative estimate of drug-likeness (QED) is 0.0851. The summed E-state index contributed by atoms with van der Waals surface area (Å²) in [5, 5.41) is 15.8. The summed E-state index contributed by atoms with van der Waals surface area (Å²) in [5.41, 5.74) is -0.509. The molecule has 3 saturated carbocycles. The van der Waals surface area contributed by atoms with E-state index >= 15 is 0 Å². The fourth-order valence-corrected chi connectivity index (χ4v) is 9.59. The van der Waals surface area contributed by atoms with Gasteiger partial charge in [-0.15, -0.1) is 18.3 Å². The van der Waals surface area contributed by atoms with Crippen LogP contribution >= 0.6 is 11.8 Å². The van der Waals surface area contributed by atoms with Crippen LogP contribution in [0.1, 0.15) is 78.2 Å². The van der Waals surface area contributed by atoms with Gasteiger partial charge >= 0.3 is 5.97 Å². The average molecular weight is 611 g/mol. The molecule has 8 atom stereocenters. The first-order chi connectivity index (χ1) is 20.5. The maximum Gasteiger partial charge on any atom is 0.316 e. The Morgan fingerprint density at radius 3 is 2.74 bits per heavy atom. The molecule has 0 radical (unpaired) electrons. The summed E-state index contributed by atoms with van der Waals surface area (Å²) in [5.74, 6) is 0.0665. The Hall–Kier alpha value is -2.16. The molecule has 2 bridgehead atoms. The van der Waals surface area contributed by atoms with Crippen LogP contribution < -0.4 is 0 Å². The highest BCUT2D eigenvalue weighted by atomic mass is 32.2. The second-order valence-electron chi connectivity index (χ2n) is 14.0. The number of carbonyl (C=O) groups is 2. The highest BCUT2D eigenvalue weighted by Crippen LogP contribution is 2.68. The number of thioether (sulfide) groups is 1. The summed E-state index contributed by atoms with van der Waals surface area (Å²) in [4.78, 5) is 35.9. The number of hydrogen-bond acceptors (Lipinski definition) is 8. The Bertz CT molecular complexity index is 1220. The third-order valence-corrected chi connectivity index (χ3v) is 12.7. The molecule has 0 amide bonds.